The molecule has 0 bridgehead atoms. The molecule has 32 heavy (non-hydrogen) atoms. The molecule has 2 heterocycles. The Kier molecular flexibility index (Phi) is 6.16. The van der Waals surface area contributed by atoms with Crippen LogP contribution in [0.4, 0.5) is 10.1 Å². The zero-order chi connectivity index (χ0) is 22.9. The SMILES string of the molecule is COC(=O)[C@H]1CN(C(=O)C2CCN(S(=O)(=O)c3ccc(F)cc3)CC2)c2ccccc2O1. The molecule has 2 aliphatic heterocycles. The Labute approximate surface area is 185 Å². The van der Waals surface area contributed by atoms with Crippen LogP contribution in [0.2, 0.25) is 0 Å². The number of hydrogen-bond acceptors (Lipinski definition) is 6. The number of carbonyl (C=O) groups excluding carboxylic acids is 2. The normalized spacial score (nSPS) is 19.7. The number of rotatable bonds is 4. The van der Waals surface area contributed by atoms with Gasteiger partial charge in [0.2, 0.25) is 22.0 Å². The Morgan fingerprint density at radius 2 is 1.72 bits per heavy atom. The van der Waals surface area contributed by atoms with E-state index in [4.69, 9.17) is 9.47 Å². The number of piperidine rings is 1. The van der Waals surface area contributed by atoms with Crippen LogP contribution in [-0.4, -0.2) is 57.4 Å². The number of ether oxygens (including phenoxy) is 2. The molecular weight excluding hydrogens is 439 g/mol. The molecule has 0 aromatic heterocycles. The highest BCUT2D eigenvalue weighted by atomic mass is 32.2. The topological polar surface area (TPSA) is 93.2 Å². The van der Waals surface area contributed by atoms with E-state index in [0.29, 0.717) is 24.3 Å². The number of benzene rings is 2. The Balaban J connectivity index is 1.48. The molecule has 170 valence electrons. The van der Waals surface area contributed by atoms with E-state index in [1.54, 1.807) is 24.3 Å². The van der Waals surface area contributed by atoms with Crippen molar-refractivity contribution in [1.82, 2.24) is 4.31 Å². The summed E-state index contributed by atoms with van der Waals surface area (Å²) in [6, 6.07) is 11.6. The summed E-state index contributed by atoms with van der Waals surface area (Å²) in [4.78, 5) is 26.9. The third kappa shape index (κ3) is 4.20. The predicted molar refractivity (Wildman–Crippen MR) is 113 cm³/mol. The fourth-order valence-corrected chi connectivity index (χ4v) is 5.49. The fraction of sp³-hybridized carbons (Fsp3) is 0.364. The number of amides is 1. The number of nitrogens with zero attached hydrogens (tertiary/aromatic N) is 2. The Bertz CT molecular complexity index is 1110. The lowest BCUT2D eigenvalue weighted by molar-refractivity contribution is -0.148. The van der Waals surface area contributed by atoms with E-state index in [1.807, 2.05) is 0 Å². The number of esters is 1. The zero-order valence-electron chi connectivity index (χ0n) is 17.4. The predicted octanol–water partition coefficient (Wildman–Crippen LogP) is 2.19. The van der Waals surface area contributed by atoms with Crippen molar-refractivity contribution in [2.24, 2.45) is 5.92 Å². The first kappa shape index (κ1) is 22.2. The van der Waals surface area contributed by atoms with Gasteiger partial charge in [-0.15, -0.1) is 0 Å². The van der Waals surface area contributed by atoms with Crippen LogP contribution < -0.4 is 9.64 Å². The van der Waals surface area contributed by atoms with Crippen molar-refractivity contribution in [3.63, 3.8) is 0 Å². The van der Waals surface area contributed by atoms with Crippen LogP contribution in [-0.2, 0) is 24.3 Å². The standard InChI is InChI=1S/C22H23FN2O6S/c1-30-22(27)20-14-25(18-4-2-3-5-19(18)31-20)21(26)15-10-12-24(13-11-15)32(28,29)17-8-6-16(23)7-9-17/h2-9,15,20H,10-14H2,1H3/t20-/m1/s1. The smallest absolute Gasteiger partial charge is 0.348 e. The molecule has 0 unspecified atom stereocenters. The molecule has 1 amide bonds. The molecule has 2 aliphatic rings. The molecule has 0 aliphatic carbocycles. The molecule has 4 rings (SSSR count). The van der Waals surface area contributed by atoms with E-state index in [9.17, 15) is 22.4 Å². The van der Waals surface area contributed by atoms with Crippen molar-refractivity contribution in [3.8, 4) is 5.75 Å². The molecule has 1 saturated heterocycles. The zero-order valence-corrected chi connectivity index (χ0v) is 18.3. The van der Waals surface area contributed by atoms with Crippen LogP contribution in [0.3, 0.4) is 0 Å². The summed E-state index contributed by atoms with van der Waals surface area (Å²) in [5.41, 5.74) is 0.569. The number of para-hydroxylation sites is 2. The number of carbonyl (C=O) groups is 2. The van der Waals surface area contributed by atoms with Gasteiger partial charge in [0.1, 0.15) is 11.6 Å². The van der Waals surface area contributed by atoms with Gasteiger partial charge in [-0.05, 0) is 49.2 Å². The van der Waals surface area contributed by atoms with Gasteiger partial charge in [0.25, 0.3) is 0 Å². The quantitative estimate of drug-likeness (QED) is 0.647. The molecule has 0 radical (unpaired) electrons. The van der Waals surface area contributed by atoms with Crippen molar-refractivity contribution in [1.29, 1.82) is 0 Å². The van der Waals surface area contributed by atoms with Crippen LogP contribution >= 0.6 is 0 Å². The van der Waals surface area contributed by atoms with Crippen LogP contribution in [0, 0.1) is 11.7 Å². The molecule has 1 fully saturated rings. The number of sulfonamides is 1. The maximum atomic E-state index is 13.3. The second-order valence-electron chi connectivity index (χ2n) is 7.68. The van der Waals surface area contributed by atoms with Crippen molar-refractivity contribution in [2.45, 2.75) is 23.8 Å². The van der Waals surface area contributed by atoms with Crippen molar-refractivity contribution in [3.05, 3.63) is 54.3 Å². The highest BCUT2D eigenvalue weighted by molar-refractivity contribution is 7.89. The summed E-state index contributed by atoms with van der Waals surface area (Å²) in [6.07, 6.45) is -0.263. The maximum Gasteiger partial charge on any atom is 0.348 e. The number of fused-ring (bicyclic) bond motifs is 1. The lowest BCUT2D eigenvalue weighted by atomic mass is 9.95. The van der Waals surface area contributed by atoms with Crippen molar-refractivity contribution < 1.29 is 31.9 Å². The minimum Gasteiger partial charge on any atom is -0.475 e. The highest BCUT2D eigenvalue weighted by Gasteiger charge is 2.39. The van der Waals surface area contributed by atoms with E-state index in [2.05, 4.69) is 0 Å². The molecule has 1 atom stereocenters. The minimum absolute atomic E-state index is 0.0201. The number of methoxy groups -OCH3 is 1. The molecule has 0 saturated carbocycles. The third-order valence-electron chi connectivity index (χ3n) is 5.76. The van der Waals surface area contributed by atoms with Crippen LogP contribution in [0.25, 0.3) is 0 Å². The second-order valence-corrected chi connectivity index (χ2v) is 9.62. The number of anilines is 1. The molecule has 2 aromatic carbocycles. The summed E-state index contributed by atoms with van der Waals surface area (Å²) < 4.78 is 50.6. The van der Waals surface area contributed by atoms with E-state index in [1.165, 1.54) is 28.4 Å². The first-order chi connectivity index (χ1) is 15.3. The van der Waals surface area contributed by atoms with Gasteiger partial charge in [0.05, 0.1) is 24.2 Å². The fourth-order valence-electron chi connectivity index (χ4n) is 4.02. The average molecular weight is 462 g/mol. The van der Waals surface area contributed by atoms with E-state index in [0.717, 1.165) is 12.1 Å². The molecule has 2 aromatic rings. The lowest BCUT2D eigenvalue weighted by Crippen LogP contribution is -2.51. The first-order valence-corrected chi connectivity index (χ1v) is 11.7. The van der Waals surface area contributed by atoms with Crippen LogP contribution in [0.15, 0.2) is 53.4 Å². The Hall–Kier alpha value is -2.98. The van der Waals surface area contributed by atoms with Crippen molar-refractivity contribution >= 4 is 27.6 Å². The largest absolute Gasteiger partial charge is 0.475 e. The number of halogens is 1. The van der Waals surface area contributed by atoms with E-state index >= 15 is 0 Å². The second kappa shape index (κ2) is 8.87. The highest BCUT2D eigenvalue weighted by Crippen LogP contribution is 2.36. The average Bonchev–Trinajstić information content (AvgIpc) is 2.82. The van der Waals surface area contributed by atoms with E-state index in [-0.39, 0.29) is 30.4 Å². The van der Waals surface area contributed by atoms with Gasteiger partial charge in [-0.25, -0.2) is 17.6 Å². The maximum absolute atomic E-state index is 13.3. The summed E-state index contributed by atoms with van der Waals surface area (Å²) in [6.45, 7) is 0.363. The summed E-state index contributed by atoms with van der Waals surface area (Å²) >= 11 is 0. The van der Waals surface area contributed by atoms with Gasteiger partial charge in [-0.3, -0.25) is 4.79 Å². The molecular formula is C22H23FN2O6S. The molecule has 8 nitrogen and oxygen atoms in total. The van der Waals surface area contributed by atoms with Crippen LogP contribution in [0.1, 0.15) is 12.8 Å². The van der Waals surface area contributed by atoms with Gasteiger partial charge >= 0.3 is 5.97 Å². The van der Waals surface area contributed by atoms with Gasteiger partial charge in [0, 0.05) is 19.0 Å². The first-order valence-electron chi connectivity index (χ1n) is 10.2. The Morgan fingerprint density at radius 1 is 1.06 bits per heavy atom. The summed E-state index contributed by atoms with van der Waals surface area (Å²) in [5.74, 6) is -1.26. The molecule has 10 heteroatoms. The Morgan fingerprint density at radius 3 is 2.38 bits per heavy atom. The lowest BCUT2D eigenvalue weighted by Gasteiger charge is -2.37. The minimum atomic E-state index is -3.76. The molecule has 0 spiro atoms. The van der Waals surface area contributed by atoms with E-state index < -0.39 is 33.8 Å². The van der Waals surface area contributed by atoms with Crippen LogP contribution in [0.5, 0.6) is 5.75 Å². The monoisotopic (exact) mass is 462 g/mol. The van der Waals surface area contributed by atoms with Gasteiger partial charge in [-0.1, -0.05) is 12.1 Å². The third-order valence-corrected chi connectivity index (χ3v) is 7.67. The van der Waals surface area contributed by atoms with Gasteiger partial charge in [-0.2, -0.15) is 4.31 Å². The van der Waals surface area contributed by atoms with Crippen molar-refractivity contribution in [2.75, 3.05) is 31.6 Å². The summed E-state index contributed by atoms with van der Waals surface area (Å²) in [5, 5.41) is 0. The summed E-state index contributed by atoms with van der Waals surface area (Å²) in [7, 11) is -2.50. The number of hydrogen-bond donors (Lipinski definition) is 0. The molecule has 0 N–H and O–H groups in total. The van der Waals surface area contributed by atoms with Gasteiger partial charge < -0.3 is 14.4 Å². The van der Waals surface area contributed by atoms with Gasteiger partial charge in [0.15, 0.2) is 0 Å².